The number of nitrogens with one attached hydrogen (secondary N) is 1. The Bertz CT molecular complexity index is 422. The van der Waals surface area contributed by atoms with Gasteiger partial charge in [0.05, 0.1) is 6.10 Å². The van der Waals surface area contributed by atoms with E-state index in [1.54, 1.807) is 0 Å². The van der Waals surface area contributed by atoms with Gasteiger partial charge in [0, 0.05) is 17.1 Å². The summed E-state index contributed by atoms with van der Waals surface area (Å²) < 4.78 is 0. The lowest BCUT2D eigenvalue weighted by atomic mass is 10.2. The van der Waals surface area contributed by atoms with Crippen molar-refractivity contribution in [2.24, 2.45) is 0 Å². The minimum absolute atomic E-state index is 0.204. The van der Waals surface area contributed by atoms with Crippen LogP contribution in [-0.4, -0.2) is 40.0 Å². The van der Waals surface area contributed by atoms with Crippen LogP contribution in [0.25, 0.3) is 0 Å². The zero-order valence-corrected chi connectivity index (χ0v) is 11.4. The molecule has 3 N–H and O–H groups in total. The second-order valence-electron chi connectivity index (χ2n) is 4.04. The van der Waals surface area contributed by atoms with Crippen LogP contribution in [0.4, 0.5) is 0 Å². The molecule has 1 amide bonds. The summed E-state index contributed by atoms with van der Waals surface area (Å²) in [7, 11) is 0. The maximum Gasteiger partial charge on any atom is 0.328 e. The highest BCUT2D eigenvalue weighted by molar-refractivity contribution is 7.99. The Morgan fingerprint density at radius 2 is 1.95 bits per heavy atom. The molecule has 0 saturated heterocycles. The number of carbonyl (C=O) groups excluding carboxylic acids is 1. The summed E-state index contributed by atoms with van der Waals surface area (Å²) in [6.07, 6.45) is -0.918. The Hall–Kier alpha value is -1.53. The number of hydrogen-bond donors (Lipinski definition) is 3. The molecule has 0 fully saturated rings. The molecule has 0 bridgehead atoms. The van der Waals surface area contributed by atoms with Crippen LogP contribution in [0.2, 0.25) is 0 Å². The average molecular weight is 283 g/mol. The van der Waals surface area contributed by atoms with Crippen LogP contribution in [0.15, 0.2) is 35.2 Å². The van der Waals surface area contributed by atoms with Gasteiger partial charge >= 0.3 is 5.97 Å². The monoisotopic (exact) mass is 283 g/mol. The lowest BCUT2D eigenvalue weighted by Gasteiger charge is -2.16. The molecule has 104 valence electrons. The first-order valence-corrected chi connectivity index (χ1v) is 6.87. The largest absolute Gasteiger partial charge is 0.480 e. The zero-order valence-electron chi connectivity index (χ0n) is 10.6. The molecule has 0 aliphatic rings. The Balaban J connectivity index is 2.33. The quantitative estimate of drug-likeness (QED) is 0.653. The minimum atomic E-state index is -1.26. The van der Waals surface area contributed by atoms with Gasteiger partial charge in [-0.25, -0.2) is 4.79 Å². The molecule has 0 heterocycles. The van der Waals surface area contributed by atoms with E-state index in [1.165, 1.54) is 18.7 Å². The number of carbonyl (C=O) groups is 2. The van der Waals surface area contributed by atoms with Crippen LogP contribution in [-0.2, 0) is 9.59 Å². The van der Waals surface area contributed by atoms with E-state index in [0.717, 1.165) is 4.90 Å². The van der Waals surface area contributed by atoms with E-state index in [9.17, 15) is 14.7 Å². The first-order chi connectivity index (χ1) is 9.00. The summed E-state index contributed by atoms with van der Waals surface area (Å²) in [4.78, 5) is 23.4. The van der Waals surface area contributed by atoms with Crippen LogP contribution in [0.1, 0.15) is 13.3 Å². The number of amides is 1. The molecule has 0 saturated carbocycles. The van der Waals surface area contributed by atoms with Gasteiger partial charge in [0.25, 0.3) is 0 Å². The van der Waals surface area contributed by atoms with E-state index in [1.807, 2.05) is 30.3 Å². The van der Waals surface area contributed by atoms with Crippen molar-refractivity contribution < 1.29 is 19.8 Å². The average Bonchev–Trinajstić information content (AvgIpc) is 2.36. The number of carboxylic acid groups (broad SMARTS) is 1. The molecule has 6 heteroatoms. The van der Waals surface area contributed by atoms with Crippen LogP contribution in [0, 0.1) is 0 Å². The molecule has 0 radical (unpaired) electrons. The second kappa shape index (κ2) is 7.81. The van der Waals surface area contributed by atoms with Gasteiger partial charge in [-0.15, -0.1) is 11.8 Å². The molecule has 19 heavy (non-hydrogen) atoms. The number of aliphatic hydroxyl groups excluding tert-OH is 1. The van der Waals surface area contributed by atoms with Crippen LogP contribution < -0.4 is 5.32 Å². The third-order valence-corrected chi connectivity index (χ3v) is 3.42. The third-order valence-electron chi connectivity index (χ3n) is 2.41. The van der Waals surface area contributed by atoms with Crippen molar-refractivity contribution >= 4 is 23.6 Å². The molecular formula is C13H17NO4S. The SMILES string of the molecule is C[C@@H](O)[C@H](NC(=O)CCSc1ccccc1)C(=O)O. The van der Waals surface area contributed by atoms with Crippen molar-refractivity contribution in [3.63, 3.8) is 0 Å². The molecule has 5 nitrogen and oxygen atoms in total. The third kappa shape index (κ3) is 5.76. The standard InChI is InChI=1S/C13H17NO4S/c1-9(15)12(13(17)18)14-11(16)7-8-19-10-5-3-2-4-6-10/h2-6,9,12,15H,7-8H2,1H3,(H,14,16)(H,17,18)/t9-,12+/m1/s1. The summed E-state index contributed by atoms with van der Waals surface area (Å²) in [5.74, 6) is -1.06. The maximum atomic E-state index is 11.6. The predicted molar refractivity (Wildman–Crippen MR) is 73.0 cm³/mol. The van der Waals surface area contributed by atoms with Crippen LogP contribution >= 0.6 is 11.8 Å². The van der Waals surface area contributed by atoms with Gasteiger partial charge in [0.2, 0.25) is 5.91 Å². The summed E-state index contributed by atoms with van der Waals surface area (Å²) in [6.45, 7) is 1.33. The Kier molecular flexibility index (Phi) is 6.38. The lowest BCUT2D eigenvalue weighted by molar-refractivity contribution is -0.144. The molecule has 1 rings (SSSR count). The van der Waals surface area contributed by atoms with Gasteiger partial charge in [0.15, 0.2) is 6.04 Å². The number of thioether (sulfide) groups is 1. The topological polar surface area (TPSA) is 86.6 Å². The molecule has 0 aliphatic heterocycles. The molecule has 1 aromatic carbocycles. The van der Waals surface area contributed by atoms with Crippen LogP contribution in [0.5, 0.6) is 0 Å². The highest BCUT2D eigenvalue weighted by Crippen LogP contribution is 2.17. The van der Waals surface area contributed by atoms with Crippen LogP contribution in [0.3, 0.4) is 0 Å². The van der Waals surface area contributed by atoms with E-state index in [4.69, 9.17) is 5.11 Å². The molecule has 1 aromatic rings. The number of carboxylic acids is 1. The van der Waals surface area contributed by atoms with E-state index in [2.05, 4.69) is 5.32 Å². The lowest BCUT2D eigenvalue weighted by Crippen LogP contribution is -2.47. The molecular weight excluding hydrogens is 266 g/mol. The minimum Gasteiger partial charge on any atom is -0.480 e. The first kappa shape index (κ1) is 15.5. The Morgan fingerprint density at radius 3 is 2.47 bits per heavy atom. The number of aliphatic hydroxyl groups is 1. The molecule has 0 aromatic heterocycles. The van der Waals surface area contributed by atoms with Crippen molar-refractivity contribution in [3.8, 4) is 0 Å². The number of hydrogen-bond acceptors (Lipinski definition) is 4. The Labute approximate surface area is 116 Å². The summed E-state index contributed by atoms with van der Waals surface area (Å²) >= 11 is 1.52. The zero-order chi connectivity index (χ0) is 14.3. The summed E-state index contributed by atoms with van der Waals surface area (Å²) in [5, 5.41) is 20.4. The maximum absolute atomic E-state index is 11.6. The van der Waals surface area contributed by atoms with Gasteiger partial charge < -0.3 is 15.5 Å². The van der Waals surface area contributed by atoms with Gasteiger partial charge in [0.1, 0.15) is 0 Å². The van der Waals surface area contributed by atoms with Crippen molar-refractivity contribution in [1.82, 2.24) is 5.32 Å². The van der Waals surface area contributed by atoms with Crippen molar-refractivity contribution in [1.29, 1.82) is 0 Å². The fourth-order valence-electron chi connectivity index (χ4n) is 1.41. The summed E-state index contributed by atoms with van der Waals surface area (Å²) in [5.41, 5.74) is 0. The van der Waals surface area contributed by atoms with Crippen molar-refractivity contribution in [2.75, 3.05) is 5.75 Å². The normalized spacial score (nSPS) is 13.6. The highest BCUT2D eigenvalue weighted by atomic mass is 32.2. The molecule has 0 aliphatic carbocycles. The highest BCUT2D eigenvalue weighted by Gasteiger charge is 2.24. The fourth-order valence-corrected chi connectivity index (χ4v) is 2.29. The number of rotatable bonds is 7. The van der Waals surface area contributed by atoms with E-state index >= 15 is 0 Å². The predicted octanol–water partition coefficient (Wildman–Crippen LogP) is 1.12. The molecule has 2 atom stereocenters. The number of benzene rings is 1. The fraction of sp³-hybridized carbons (Fsp3) is 0.385. The number of aliphatic carboxylic acids is 1. The van der Waals surface area contributed by atoms with Crippen molar-refractivity contribution in [3.05, 3.63) is 30.3 Å². The van der Waals surface area contributed by atoms with E-state index in [0.29, 0.717) is 5.75 Å². The molecule has 0 unspecified atom stereocenters. The van der Waals surface area contributed by atoms with Crippen molar-refractivity contribution in [2.45, 2.75) is 30.4 Å². The first-order valence-electron chi connectivity index (χ1n) is 5.89. The molecule has 0 spiro atoms. The second-order valence-corrected chi connectivity index (χ2v) is 5.20. The van der Waals surface area contributed by atoms with Gasteiger partial charge in [-0.1, -0.05) is 18.2 Å². The van der Waals surface area contributed by atoms with E-state index < -0.39 is 18.1 Å². The van der Waals surface area contributed by atoms with E-state index in [-0.39, 0.29) is 12.3 Å². The Morgan fingerprint density at radius 1 is 1.32 bits per heavy atom. The van der Waals surface area contributed by atoms with Gasteiger partial charge in [-0.3, -0.25) is 4.79 Å². The smallest absolute Gasteiger partial charge is 0.328 e. The summed E-state index contributed by atoms with van der Waals surface area (Å²) in [6, 6.07) is 8.37. The van der Waals surface area contributed by atoms with Gasteiger partial charge in [-0.05, 0) is 19.1 Å². The van der Waals surface area contributed by atoms with Gasteiger partial charge in [-0.2, -0.15) is 0 Å².